The average Bonchev–Trinajstić information content (AvgIpc) is 3.11. The van der Waals surface area contributed by atoms with Gasteiger partial charge >= 0.3 is 0 Å². The SMILES string of the molecule is OC(COC(c1ccc(F)cc1)c1ccc(F)cc1)Cn1ccnn1. The Labute approximate surface area is 143 Å². The van der Waals surface area contributed by atoms with Gasteiger partial charge in [-0.3, -0.25) is 0 Å². The Hall–Kier alpha value is -2.64. The molecular weight excluding hydrogens is 328 g/mol. The fourth-order valence-corrected chi connectivity index (χ4v) is 2.47. The molecule has 2 aromatic carbocycles. The van der Waals surface area contributed by atoms with Crippen molar-refractivity contribution >= 4 is 0 Å². The Morgan fingerprint density at radius 2 is 1.52 bits per heavy atom. The summed E-state index contributed by atoms with van der Waals surface area (Å²) in [4.78, 5) is 0. The predicted molar refractivity (Wildman–Crippen MR) is 86.6 cm³/mol. The van der Waals surface area contributed by atoms with Gasteiger partial charge in [-0.1, -0.05) is 29.5 Å². The highest BCUT2D eigenvalue weighted by Crippen LogP contribution is 2.26. The smallest absolute Gasteiger partial charge is 0.123 e. The van der Waals surface area contributed by atoms with Crippen LogP contribution in [0.3, 0.4) is 0 Å². The summed E-state index contributed by atoms with van der Waals surface area (Å²) in [5.74, 6) is -0.708. The van der Waals surface area contributed by atoms with Gasteiger partial charge in [-0.05, 0) is 35.4 Å². The second-order valence-electron chi connectivity index (χ2n) is 5.60. The molecule has 1 aromatic heterocycles. The lowest BCUT2D eigenvalue weighted by atomic mass is 10.0. The molecule has 0 spiro atoms. The summed E-state index contributed by atoms with van der Waals surface area (Å²) in [5.41, 5.74) is 1.42. The third-order valence-electron chi connectivity index (χ3n) is 3.67. The predicted octanol–water partition coefficient (Wildman–Crippen LogP) is 2.72. The minimum atomic E-state index is -0.801. The van der Waals surface area contributed by atoms with Gasteiger partial charge in [0.1, 0.15) is 17.7 Å². The van der Waals surface area contributed by atoms with Crippen LogP contribution < -0.4 is 0 Å². The van der Waals surface area contributed by atoms with Crippen LogP contribution in [0.1, 0.15) is 17.2 Å². The maximum Gasteiger partial charge on any atom is 0.123 e. The van der Waals surface area contributed by atoms with Gasteiger partial charge in [-0.15, -0.1) is 5.10 Å². The molecule has 0 saturated carbocycles. The van der Waals surface area contributed by atoms with Crippen molar-refractivity contribution in [2.24, 2.45) is 0 Å². The van der Waals surface area contributed by atoms with Crippen molar-refractivity contribution in [3.8, 4) is 0 Å². The molecule has 5 nitrogen and oxygen atoms in total. The van der Waals surface area contributed by atoms with Crippen LogP contribution in [0.2, 0.25) is 0 Å². The lowest BCUT2D eigenvalue weighted by Crippen LogP contribution is -2.24. The highest BCUT2D eigenvalue weighted by molar-refractivity contribution is 5.30. The van der Waals surface area contributed by atoms with E-state index in [0.29, 0.717) is 11.1 Å². The topological polar surface area (TPSA) is 60.2 Å². The van der Waals surface area contributed by atoms with E-state index >= 15 is 0 Å². The molecule has 7 heteroatoms. The van der Waals surface area contributed by atoms with E-state index in [9.17, 15) is 13.9 Å². The normalized spacial score (nSPS) is 12.5. The molecule has 1 N–H and O–H groups in total. The summed E-state index contributed by atoms with van der Waals surface area (Å²) in [6.07, 6.45) is 1.81. The molecule has 1 unspecified atom stereocenters. The summed E-state index contributed by atoms with van der Waals surface area (Å²) in [6.45, 7) is 0.263. The molecule has 1 atom stereocenters. The Bertz CT molecular complexity index is 732. The van der Waals surface area contributed by atoms with Crippen molar-refractivity contribution in [1.82, 2.24) is 15.0 Å². The monoisotopic (exact) mass is 345 g/mol. The van der Waals surface area contributed by atoms with E-state index in [2.05, 4.69) is 10.3 Å². The van der Waals surface area contributed by atoms with Crippen molar-refractivity contribution in [1.29, 1.82) is 0 Å². The van der Waals surface area contributed by atoms with Crippen LogP contribution in [0.15, 0.2) is 60.9 Å². The first-order valence-corrected chi connectivity index (χ1v) is 7.76. The molecular formula is C18H17F2N3O2. The fourth-order valence-electron chi connectivity index (χ4n) is 2.47. The minimum Gasteiger partial charge on any atom is -0.389 e. The lowest BCUT2D eigenvalue weighted by molar-refractivity contribution is -0.00213. The Morgan fingerprint density at radius 3 is 2.00 bits per heavy atom. The van der Waals surface area contributed by atoms with Gasteiger partial charge in [-0.2, -0.15) is 0 Å². The average molecular weight is 345 g/mol. The van der Waals surface area contributed by atoms with Crippen LogP contribution >= 0.6 is 0 Å². The zero-order valence-corrected chi connectivity index (χ0v) is 13.3. The van der Waals surface area contributed by atoms with Gasteiger partial charge in [0.15, 0.2) is 0 Å². The van der Waals surface area contributed by atoms with Crippen LogP contribution in [0, 0.1) is 11.6 Å². The molecule has 0 bridgehead atoms. The number of ether oxygens (including phenoxy) is 1. The standard InChI is InChI=1S/C18H17F2N3O2/c19-15-5-1-13(2-6-15)18(14-3-7-16(20)8-4-14)25-12-17(24)11-23-10-9-21-22-23/h1-10,17-18,24H,11-12H2. The van der Waals surface area contributed by atoms with E-state index in [0.717, 1.165) is 0 Å². The Balaban J connectivity index is 1.74. The van der Waals surface area contributed by atoms with E-state index in [1.54, 1.807) is 30.5 Å². The number of nitrogens with zero attached hydrogens (tertiary/aromatic N) is 3. The zero-order valence-electron chi connectivity index (χ0n) is 13.3. The molecule has 0 amide bonds. The van der Waals surface area contributed by atoms with Gasteiger partial charge in [0.2, 0.25) is 0 Å². The number of benzene rings is 2. The number of rotatable bonds is 7. The van der Waals surface area contributed by atoms with Crippen molar-refractivity contribution in [2.75, 3.05) is 6.61 Å². The first kappa shape index (κ1) is 17.2. The van der Waals surface area contributed by atoms with Crippen LogP contribution in [0.25, 0.3) is 0 Å². The second-order valence-corrected chi connectivity index (χ2v) is 5.60. The summed E-state index contributed by atoms with van der Waals surface area (Å²) in [5, 5.41) is 17.6. The number of hydrogen-bond donors (Lipinski definition) is 1. The molecule has 130 valence electrons. The van der Waals surface area contributed by atoms with Gasteiger partial charge in [0, 0.05) is 6.20 Å². The molecule has 3 aromatic rings. The second kappa shape index (κ2) is 7.96. The molecule has 0 aliphatic carbocycles. The van der Waals surface area contributed by atoms with Crippen LogP contribution in [0.4, 0.5) is 8.78 Å². The summed E-state index contributed by atoms with van der Waals surface area (Å²) in [6, 6.07) is 11.8. The first-order valence-electron chi connectivity index (χ1n) is 7.76. The van der Waals surface area contributed by atoms with Gasteiger partial charge in [0.05, 0.1) is 25.5 Å². The summed E-state index contributed by atoms with van der Waals surface area (Å²) in [7, 11) is 0. The third kappa shape index (κ3) is 4.68. The maximum absolute atomic E-state index is 13.2. The van der Waals surface area contributed by atoms with E-state index in [1.807, 2.05) is 0 Å². The quantitative estimate of drug-likeness (QED) is 0.715. The van der Waals surface area contributed by atoms with E-state index < -0.39 is 12.2 Å². The molecule has 0 radical (unpaired) electrons. The molecule has 0 saturated heterocycles. The highest BCUT2D eigenvalue weighted by atomic mass is 19.1. The summed E-state index contributed by atoms with van der Waals surface area (Å²) >= 11 is 0. The van der Waals surface area contributed by atoms with E-state index in [-0.39, 0.29) is 24.8 Å². The number of halogens is 2. The molecule has 25 heavy (non-hydrogen) atoms. The lowest BCUT2D eigenvalue weighted by Gasteiger charge is -2.21. The van der Waals surface area contributed by atoms with Crippen LogP contribution in [0.5, 0.6) is 0 Å². The number of aliphatic hydroxyl groups is 1. The number of aliphatic hydroxyl groups excluding tert-OH is 1. The highest BCUT2D eigenvalue weighted by Gasteiger charge is 2.17. The molecule has 1 heterocycles. The third-order valence-corrected chi connectivity index (χ3v) is 3.67. The number of hydrogen-bond acceptors (Lipinski definition) is 4. The van der Waals surface area contributed by atoms with Crippen LogP contribution in [-0.4, -0.2) is 32.8 Å². The summed E-state index contributed by atoms with van der Waals surface area (Å²) < 4.78 is 33.7. The fraction of sp³-hybridized carbons (Fsp3) is 0.222. The Kier molecular flexibility index (Phi) is 5.47. The van der Waals surface area contributed by atoms with E-state index in [4.69, 9.17) is 4.74 Å². The molecule has 3 rings (SSSR count). The molecule has 0 aliphatic rings. The minimum absolute atomic E-state index is 0.0271. The van der Waals surface area contributed by atoms with Crippen LogP contribution in [-0.2, 0) is 11.3 Å². The zero-order chi connectivity index (χ0) is 17.6. The van der Waals surface area contributed by atoms with E-state index in [1.165, 1.54) is 35.1 Å². The van der Waals surface area contributed by atoms with Crippen molar-refractivity contribution in [3.63, 3.8) is 0 Å². The molecule has 0 aliphatic heterocycles. The van der Waals surface area contributed by atoms with Gasteiger partial charge in [0.25, 0.3) is 0 Å². The number of aromatic nitrogens is 3. The largest absolute Gasteiger partial charge is 0.389 e. The van der Waals surface area contributed by atoms with Gasteiger partial charge in [-0.25, -0.2) is 13.5 Å². The van der Waals surface area contributed by atoms with Crippen molar-refractivity contribution in [2.45, 2.75) is 18.8 Å². The molecule has 0 fully saturated rings. The first-order chi connectivity index (χ1) is 12.1. The Morgan fingerprint density at radius 1 is 0.960 bits per heavy atom. The van der Waals surface area contributed by atoms with Crippen molar-refractivity contribution in [3.05, 3.63) is 83.7 Å². The van der Waals surface area contributed by atoms with Gasteiger partial charge < -0.3 is 9.84 Å². The maximum atomic E-state index is 13.2. The van der Waals surface area contributed by atoms with Crippen molar-refractivity contribution < 1.29 is 18.6 Å².